The molecular weight excluding hydrogens is 1180 g/mol. The topological polar surface area (TPSA) is 184 Å². The fourth-order valence-corrected chi connectivity index (χ4v) is 9.91. The molecule has 14 heteroatoms. The fraction of sp³-hybridized carbons (Fsp3) is 0.912. The molecule has 4 aliphatic carbocycles. The van der Waals surface area contributed by atoms with Crippen LogP contribution < -0.4 is 0 Å². The van der Waals surface area contributed by atoms with Gasteiger partial charge in [-0.1, -0.05) is 117 Å². The molecule has 0 spiro atoms. The lowest BCUT2D eigenvalue weighted by molar-refractivity contribution is -0.175. The average molecular weight is 1340 g/mol. The summed E-state index contributed by atoms with van der Waals surface area (Å²) >= 11 is 0. The second-order valence-electron chi connectivity index (χ2n) is 32.7. The molecule has 14 nitrogen and oxygen atoms in total. The Balaban J connectivity index is -0.00000103. The molecule has 0 radical (unpaired) electrons. The van der Waals surface area contributed by atoms with Crippen molar-refractivity contribution in [2.75, 3.05) is 0 Å². The first-order chi connectivity index (χ1) is 43.1. The van der Waals surface area contributed by atoms with Crippen LogP contribution in [0.4, 0.5) is 0 Å². The average Bonchev–Trinajstić information content (AvgIpc) is 1.03. The lowest BCUT2D eigenvalue weighted by Gasteiger charge is -2.38. The minimum Gasteiger partial charge on any atom is -0.460 e. The normalized spacial score (nSPS) is 18.5. The number of rotatable bonds is 23. The molecule has 4 atom stereocenters. The summed E-state index contributed by atoms with van der Waals surface area (Å²) in [5.41, 5.74) is -2.63. The van der Waals surface area contributed by atoms with Crippen molar-refractivity contribution in [3.63, 3.8) is 0 Å². The summed E-state index contributed by atoms with van der Waals surface area (Å²) in [6, 6.07) is 0. The van der Waals surface area contributed by atoms with Gasteiger partial charge in [-0.2, -0.15) is 0 Å². The zero-order valence-corrected chi connectivity index (χ0v) is 67.0. The maximum absolute atomic E-state index is 12.1. The van der Waals surface area contributed by atoms with Gasteiger partial charge >= 0.3 is 41.8 Å². The standard InChI is InChI=1S/C14H26O2.C13H24O2.C12H22O2.C11H20O2.C11H22O2.C10H20O2.C9H18O2/c1-5-13(3,4)12(15)16-14(6-2)10-8-7-9-11-14;1-4-11(3)12(14)15-13(5-2)9-7-6-8-10-13;1-4-10(3)11(13)14-12(5-2)8-6-7-9-12;1-4-9(2)10(12)13-11(3)7-5-6-8-11;1-7-10(3,4)9(12)13-11(5,6)8-2;1-7-10(5,6)8(11)12-9(2,3)4;1-6-7(2)8(10)11-9(3,4)5/h5-11H2,1-4H3;11H,4-10H2,1-3H3;10H,4-9H2,1-3H3;9H,4-8H2,1-3H3;7-8H2,1-6H3;7H2,1-6H3;7H,6H2,1-5H3. The zero-order valence-electron chi connectivity index (χ0n) is 67.0. The largest absolute Gasteiger partial charge is 0.460 e. The van der Waals surface area contributed by atoms with E-state index < -0.39 is 0 Å². The highest BCUT2D eigenvalue weighted by Gasteiger charge is 2.41. The van der Waals surface area contributed by atoms with Gasteiger partial charge < -0.3 is 33.2 Å². The highest BCUT2D eigenvalue weighted by atomic mass is 16.6. The Hall–Kier alpha value is -3.71. The van der Waals surface area contributed by atoms with E-state index in [1.165, 1.54) is 64.2 Å². The molecule has 0 aromatic heterocycles. The van der Waals surface area contributed by atoms with Crippen LogP contribution in [-0.4, -0.2) is 81.0 Å². The first-order valence-corrected chi connectivity index (χ1v) is 37.7. The first kappa shape index (κ1) is 94.5. The second kappa shape index (κ2) is 44.3. The van der Waals surface area contributed by atoms with E-state index in [-0.39, 0.29) is 121 Å². The Morgan fingerprint density at radius 2 is 0.564 bits per heavy atom. The van der Waals surface area contributed by atoms with Crippen LogP contribution in [0.1, 0.15) is 394 Å². The molecule has 0 aromatic rings. The van der Waals surface area contributed by atoms with Gasteiger partial charge in [0.2, 0.25) is 0 Å². The SMILES string of the molecule is CCC(C)(C)C(=O)OC(C)(C)C.CCC(C)(C)OC(=O)C(C)(C)CC.CCC(C)C(=O)OC(C)(C)C.CCC(C)C(=O)OC1(C)CCCC1.CCC(C)C(=O)OC1(CC)CCCC1.CCC(C)C(=O)OC1(CC)CCCCC1.CCC1(OC(=O)C(C)(C)CC)CCCCC1. The molecule has 0 aromatic carbocycles. The van der Waals surface area contributed by atoms with E-state index in [2.05, 4.69) is 27.7 Å². The van der Waals surface area contributed by atoms with Crippen LogP contribution in [0.5, 0.6) is 0 Å². The third kappa shape index (κ3) is 38.4. The minimum atomic E-state index is -0.372. The molecule has 0 saturated heterocycles. The third-order valence-electron chi connectivity index (χ3n) is 20.3. The van der Waals surface area contributed by atoms with Gasteiger partial charge in [0.25, 0.3) is 0 Å². The Labute approximate surface area is 579 Å². The number of ether oxygens (including phenoxy) is 7. The van der Waals surface area contributed by atoms with E-state index in [0.717, 1.165) is 122 Å². The van der Waals surface area contributed by atoms with Crippen molar-refractivity contribution in [1.82, 2.24) is 0 Å². The Bertz CT molecular complexity index is 2130. The van der Waals surface area contributed by atoms with E-state index >= 15 is 0 Å². The van der Waals surface area contributed by atoms with Gasteiger partial charge in [-0.25, -0.2) is 0 Å². The lowest BCUT2D eigenvalue weighted by atomic mass is 9.82. The molecule has 4 rings (SSSR count). The van der Waals surface area contributed by atoms with Crippen molar-refractivity contribution in [2.24, 2.45) is 39.9 Å². The second-order valence-corrected chi connectivity index (χ2v) is 32.7. The molecule has 556 valence electrons. The van der Waals surface area contributed by atoms with E-state index in [1.54, 1.807) is 0 Å². The summed E-state index contributed by atoms with van der Waals surface area (Å²) in [7, 11) is 0. The van der Waals surface area contributed by atoms with Crippen LogP contribution in [0.3, 0.4) is 0 Å². The first-order valence-electron chi connectivity index (χ1n) is 37.7. The summed E-state index contributed by atoms with van der Waals surface area (Å²) < 4.78 is 38.6. The van der Waals surface area contributed by atoms with Crippen LogP contribution in [0, 0.1) is 39.9 Å². The Morgan fingerprint density at radius 1 is 0.309 bits per heavy atom. The van der Waals surface area contributed by atoms with E-state index in [9.17, 15) is 33.6 Å². The number of esters is 7. The molecule has 0 bridgehead atoms. The van der Waals surface area contributed by atoms with Crippen LogP contribution in [-0.2, 0) is 66.7 Å². The van der Waals surface area contributed by atoms with Crippen molar-refractivity contribution >= 4 is 41.8 Å². The van der Waals surface area contributed by atoms with Gasteiger partial charge in [-0.05, 0) is 277 Å². The molecule has 4 unspecified atom stereocenters. The van der Waals surface area contributed by atoms with Gasteiger partial charge in [-0.15, -0.1) is 0 Å². The van der Waals surface area contributed by atoms with Crippen LogP contribution in [0.25, 0.3) is 0 Å². The van der Waals surface area contributed by atoms with Gasteiger partial charge in [0, 0.05) is 0 Å². The summed E-state index contributed by atoms with van der Waals surface area (Å²) in [5, 5.41) is 0. The van der Waals surface area contributed by atoms with Crippen molar-refractivity contribution in [3.05, 3.63) is 0 Å². The predicted molar refractivity (Wildman–Crippen MR) is 387 cm³/mol. The van der Waals surface area contributed by atoms with Crippen molar-refractivity contribution in [1.29, 1.82) is 0 Å². The van der Waals surface area contributed by atoms with E-state index in [1.807, 2.05) is 180 Å². The smallest absolute Gasteiger partial charge is 0.312 e. The summed E-state index contributed by atoms with van der Waals surface area (Å²) in [6.45, 7) is 59.0. The maximum atomic E-state index is 12.1. The van der Waals surface area contributed by atoms with Crippen LogP contribution >= 0.6 is 0 Å². The number of carbonyl (C=O) groups is 7. The molecule has 0 heterocycles. The van der Waals surface area contributed by atoms with Gasteiger partial charge in [0.15, 0.2) is 0 Å². The summed E-state index contributed by atoms with van der Waals surface area (Å²) in [6.07, 6.45) is 30.3. The van der Waals surface area contributed by atoms with Crippen LogP contribution in [0.15, 0.2) is 0 Å². The highest BCUT2D eigenvalue weighted by molar-refractivity contribution is 5.77. The number of hydrogen-bond donors (Lipinski definition) is 0. The minimum absolute atomic E-state index is 0.00116. The third-order valence-corrected chi connectivity index (χ3v) is 20.3. The van der Waals surface area contributed by atoms with Crippen molar-refractivity contribution in [3.8, 4) is 0 Å². The molecule has 0 N–H and O–H groups in total. The summed E-state index contributed by atoms with van der Waals surface area (Å²) in [4.78, 5) is 81.4. The van der Waals surface area contributed by atoms with E-state index in [0.29, 0.717) is 0 Å². The van der Waals surface area contributed by atoms with Gasteiger partial charge in [0.1, 0.15) is 39.2 Å². The van der Waals surface area contributed by atoms with Gasteiger partial charge in [0.05, 0.1) is 39.9 Å². The van der Waals surface area contributed by atoms with Crippen molar-refractivity contribution < 1.29 is 66.7 Å². The molecule has 94 heavy (non-hydrogen) atoms. The van der Waals surface area contributed by atoms with Crippen molar-refractivity contribution in [2.45, 2.75) is 433 Å². The molecule has 0 aliphatic heterocycles. The lowest BCUT2D eigenvalue weighted by Crippen LogP contribution is -2.40. The van der Waals surface area contributed by atoms with Crippen LogP contribution in [0.2, 0.25) is 0 Å². The molecule has 4 saturated carbocycles. The number of carbonyl (C=O) groups excluding carboxylic acids is 7. The zero-order chi connectivity index (χ0) is 73.8. The monoisotopic (exact) mass is 1340 g/mol. The maximum Gasteiger partial charge on any atom is 0.312 e. The van der Waals surface area contributed by atoms with Gasteiger partial charge in [-0.3, -0.25) is 33.6 Å². The molecule has 4 aliphatic rings. The van der Waals surface area contributed by atoms with E-state index in [4.69, 9.17) is 33.2 Å². The highest BCUT2D eigenvalue weighted by Crippen LogP contribution is 2.40. The fourth-order valence-electron chi connectivity index (χ4n) is 9.91. The Morgan fingerprint density at radius 3 is 0.840 bits per heavy atom. The quantitative estimate of drug-likeness (QED) is 0.0695. The summed E-state index contributed by atoms with van der Waals surface area (Å²) in [5.74, 6) is -0.163. The predicted octanol–water partition coefficient (Wildman–Crippen LogP) is 22.3. The molecular formula is C80H152O14. The Kier molecular flexibility index (Phi) is 44.6. The molecule has 4 fully saturated rings. The molecule has 0 amide bonds. The number of hydrogen-bond acceptors (Lipinski definition) is 14.